The van der Waals surface area contributed by atoms with E-state index in [0.29, 0.717) is 0 Å². The van der Waals surface area contributed by atoms with Crippen LogP contribution < -0.4 is 0 Å². The van der Waals surface area contributed by atoms with Gasteiger partial charge in [-0.1, -0.05) is 0 Å². The van der Waals surface area contributed by atoms with E-state index in [9.17, 15) is 19.2 Å². The molecule has 5 nitrogen and oxygen atoms in total. The fraction of sp³-hybridized carbons (Fsp3) is 0.400. The summed E-state index contributed by atoms with van der Waals surface area (Å²) in [6, 6.07) is 0. The van der Waals surface area contributed by atoms with Crippen molar-refractivity contribution in [3.05, 3.63) is 12.2 Å². The topological polar surface area (TPSA) is 71.5 Å². The van der Waals surface area contributed by atoms with Gasteiger partial charge in [0.2, 0.25) is 0 Å². The number of imide groups is 1. The maximum atomic E-state index is 11.3. The first-order valence-corrected chi connectivity index (χ1v) is 4.68. The van der Waals surface area contributed by atoms with Gasteiger partial charge in [0, 0.05) is 31.5 Å². The molecule has 2 aliphatic rings. The second-order valence-corrected chi connectivity index (χ2v) is 3.61. The van der Waals surface area contributed by atoms with Crippen LogP contribution in [-0.2, 0) is 19.2 Å². The van der Waals surface area contributed by atoms with Crippen molar-refractivity contribution in [1.29, 1.82) is 0 Å². The van der Waals surface area contributed by atoms with Gasteiger partial charge in [0.15, 0.2) is 0 Å². The summed E-state index contributed by atoms with van der Waals surface area (Å²) in [5, 5.41) is 0. The summed E-state index contributed by atoms with van der Waals surface area (Å²) < 4.78 is 0. The Morgan fingerprint density at radius 2 is 1.47 bits per heavy atom. The van der Waals surface area contributed by atoms with Crippen LogP contribution in [0.3, 0.4) is 0 Å². The van der Waals surface area contributed by atoms with E-state index in [2.05, 4.69) is 0 Å². The molecule has 0 saturated heterocycles. The van der Waals surface area contributed by atoms with E-state index in [-0.39, 0.29) is 31.0 Å². The second kappa shape index (κ2) is 3.42. The molecule has 1 aliphatic heterocycles. The molecule has 15 heavy (non-hydrogen) atoms. The number of carbonyl (C=O) groups excluding carboxylic acids is 4. The number of Topliss-reactive ketones (excluding diaryl/α,β-unsaturated/α-hetero) is 2. The third kappa shape index (κ3) is 1.60. The van der Waals surface area contributed by atoms with Gasteiger partial charge in [-0.25, -0.2) is 0 Å². The molecule has 1 saturated carbocycles. The minimum Gasteiger partial charge on any atom is -0.299 e. The number of ketones is 2. The SMILES string of the molecule is O=C1CCC(=O)C1CN1C(=O)C=CC1=O. The van der Waals surface area contributed by atoms with Crippen molar-refractivity contribution >= 4 is 23.4 Å². The third-order valence-corrected chi connectivity index (χ3v) is 2.66. The van der Waals surface area contributed by atoms with Gasteiger partial charge in [-0.2, -0.15) is 0 Å². The summed E-state index contributed by atoms with van der Waals surface area (Å²) in [5.74, 6) is -2.04. The molecule has 1 aliphatic carbocycles. The Hall–Kier alpha value is -1.78. The van der Waals surface area contributed by atoms with Crippen LogP contribution in [0.15, 0.2) is 12.2 Å². The molecule has 0 bridgehead atoms. The van der Waals surface area contributed by atoms with Crippen LogP contribution in [0.4, 0.5) is 0 Å². The van der Waals surface area contributed by atoms with Crippen molar-refractivity contribution in [1.82, 2.24) is 4.90 Å². The van der Waals surface area contributed by atoms with Crippen LogP contribution in [0.2, 0.25) is 0 Å². The van der Waals surface area contributed by atoms with Gasteiger partial charge in [0.25, 0.3) is 11.8 Å². The Balaban J connectivity index is 2.09. The van der Waals surface area contributed by atoms with Crippen molar-refractivity contribution < 1.29 is 19.2 Å². The molecule has 0 spiro atoms. The van der Waals surface area contributed by atoms with Gasteiger partial charge in [-0.15, -0.1) is 0 Å². The van der Waals surface area contributed by atoms with Gasteiger partial charge in [0.1, 0.15) is 11.6 Å². The predicted octanol–water partition coefficient (Wildman–Crippen LogP) is -0.540. The van der Waals surface area contributed by atoms with E-state index in [1.807, 2.05) is 0 Å². The average Bonchev–Trinajstić information content (AvgIpc) is 2.67. The minimum absolute atomic E-state index is 0.0949. The van der Waals surface area contributed by atoms with E-state index in [0.717, 1.165) is 17.1 Å². The maximum Gasteiger partial charge on any atom is 0.253 e. The summed E-state index contributed by atoms with van der Waals surface area (Å²) >= 11 is 0. The Morgan fingerprint density at radius 3 is 1.93 bits per heavy atom. The van der Waals surface area contributed by atoms with E-state index < -0.39 is 17.7 Å². The standard InChI is InChI=1S/C10H9NO4/c12-7-1-2-8(13)6(7)5-11-9(14)3-4-10(11)15/h3-4,6H,1-2,5H2. The smallest absolute Gasteiger partial charge is 0.253 e. The molecule has 2 amide bonds. The summed E-state index contributed by atoms with van der Waals surface area (Å²) in [6.45, 7) is -0.0949. The van der Waals surface area contributed by atoms with Crippen LogP contribution in [-0.4, -0.2) is 34.8 Å². The molecule has 0 radical (unpaired) electrons. The van der Waals surface area contributed by atoms with E-state index in [1.165, 1.54) is 0 Å². The Labute approximate surface area is 85.7 Å². The molecule has 0 N–H and O–H groups in total. The molecule has 0 atom stereocenters. The molecule has 0 aromatic rings. The van der Waals surface area contributed by atoms with Crippen molar-refractivity contribution in [2.45, 2.75) is 12.8 Å². The molecular formula is C10H9NO4. The van der Waals surface area contributed by atoms with Crippen LogP contribution in [0, 0.1) is 5.92 Å². The molecule has 0 aromatic heterocycles. The van der Waals surface area contributed by atoms with E-state index in [4.69, 9.17) is 0 Å². The molecule has 1 heterocycles. The zero-order valence-corrected chi connectivity index (χ0v) is 7.93. The highest BCUT2D eigenvalue weighted by Crippen LogP contribution is 2.20. The lowest BCUT2D eigenvalue weighted by Gasteiger charge is -2.16. The predicted molar refractivity (Wildman–Crippen MR) is 48.6 cm³/mol. The maximum absolute atomic E-state index is 11.3. The molecule has 0 unspecified atom stereocenters. The molecule has 0 aromatic carbocycles. The zero-order valence-electron chi connectivity index (χ0n) is 7.93. The lowest BCUT2D eigenvalue weighted by atomic mass is 10.1. The Bertz CT molecular complexity index is 362. The third-order valence-electron chi connectivity index (χ3n) is 2.66. The number of hydrogen-bond donors (Lipinski definition) is 0. The number of amides is 2. The lowest BCUT2D eigenvalue weighted by molar-refractivity contribution is -0.138. The number of carbonyl (C=O) groups is 4. The Morgan fingerprint density at radius 1 is 1.00 bits per heavy atom. The quantitative estimate of drug-likeness (QED) is 0.450. The first kappa shape index (κ1) is 9.76. The highest BCUT2D eigenvalue weighted by molar-refractivity contribution is 6.14. The molecule has 2 rings (SSSR count). The highest BCUT2D eigenvalue weighted by atomic mass is 16.2. The monoisotopic (exact) mass is 207 g/mol. The van der Waals surface area contributed by atoms with Crippen LogP contribution in [0.5, 0.6) is 0 Å². The van der Waals surface area contributed by atoms with Gasteiger partial charge >= 0.3 is 0 Å². The summed E-state index contributed by atoms with van der Waals surface area (Å²) in [5.41, 5.74) is 0. The van der Waals surface area contributed by atoms with Crippen molar-refractivity contribution in [3.8, 4) is 0 Å². The van der Waals surface area contributed by atoms with Crippen LogP contribution in [0.1, 0.15) is 12.8 Å². The molecule has 5 heteroatoms. The normalized spacial score (nSPS) is 22.3. The summed E-state index contributed by atoms with van der Waals surface area (Å²) in [6.07, 6.45) is 2.75. The highest BCUT2D eigenvalue weighted by Gasteiger charge is 2.37. The fourth-order valence-electron chi connectivity index (χ4n) is 1.77. The Kier molecular flexibility index (Phi) is 2.22. The first-order chi connectivity index (χ1) is 7.09. The van der Waals surface area contributed by atoms with Crippen molar-refractivity contribution in [3.63, 3.8) is 0 Å². The number of hydrogen-bond acceptors (Lipinski definition) is 4. The van der Waals surface area contributed by atoms with Gasteiger partial charge < -0.3 is 0 Å². The van der Waals surface area contributed by atoms with E-state index in [1.54, 1.807) is 0 Å². The van der Waals surface area contributed by atoms with Crippen molar-refractivity contribution in [2.75, 3.05) is 6.54 Å². The zero-order chi connectivity index (χ0) is 11.0. The molecule has 1 fully saturated rings. The van der Waals surface area contributed by atoms with Gasteiger partial charge in [-0.3, -0.25) is 24.1 Å². The number of rotatable bonds is 2. The van der Waals surface area contributed by atoms with Crippen LogP contribution in [0.25, 0.3) is 0 Å². The minimum atomic E-state index is -0.794. The summed E-state index contributed by atoms with van der Waals surface area (Å²) in [7, 11) is 0. The molecular weight excluding hydrogens is 198 g/mol. The first-order valence-electron chi connectivity index (χ1n) is 4.68. The molecule has 78 valence electrons. The fourth-order valence-corrected chi connectivity index (χ4v) is 1.77. The van der Waals surface area contributed by atoms with Crippen molar-refractivity contribution in [2.24, 2.45) is 5.92 Å². The second-order valence-electron chi connectivity index (χ2n) is 3.61. The number of nitrogens with zero attached hydrogens (tertiary/aromatic N) is 1. The van der Waals surface area contributed by atoms with E-state index >= 15 is 0 Å². The van der Waals surface area contributed by atoms with Gasteiger partial charge in [0.05, 0.1) is 5.92 Å². The van der Waals surface area contributed by atoms with Gasteiger partial charge in [-0.05, 0) is 0 Å². The largest absolute Gasteiger partial charge is 0.299 e. The summed E-state index contributed by atoms with van der Waals surface area (Å²) in [4.78, 5) is 45.9. The lowest BCUT2D eigenvalue weighted by Crippen LogP contribution is -2.38. The van der Waals surface area contributed by atoms with Crippen LogP contribution >= 0.6 is 0 Å². The average molecular weight is 207 g/mol.